The summed E-state index contributed by atoms with van der Waals surface area (Å²) in [5.41, 5.74) is 3.09. The van der Waals surface area contributed by atoms with Gasteiger partial charge in [0.2, 0.25) is 0 Å². The van der Waals surface area contributed by atoms with Gasteiger partial charge >= 0.3 is 0 Å². The minimum Gasteiger partial charge on any atom is -0.496 e. The lowest BCUT2D eigenvalue weighted by atomic mass is 10.1. The van der Waals surface area contributed by atoms with Gasteiger partial charge in [-0.25, -0.2) is 0 Å². The van der Waals surface area contributed by atoms with Crippen molar-refractivity contribution >= 4 is 27.5 Å². The number of amides is 1. The van der Waals surface area contributed by atoms with Crippen LogP contribution in [0, 0.1) is 6.92 Å². The number of benzene rings is 2. The van der Waals surface area contributed by atoms with Gasteiger partial charge < -0.3 is 9.30 Å². The maximum absolute atomic E-state index is 12.5. The first-order chi connectivity index (χ1) is 11.6. The Hall–Kier alpha value is -2.40. The van der Waals surface area contributed by atoms with Crippen molar-refractivity contribution in [1.29, 1.82) is 0 Å². The molecule has 0 fully saturated rings. The molecule has 0 bridgehead atoms. The number of carbonyl (C=O) groups excluding carboxylic acids is 1. The van der Waals surface area contributed by atoms with E-state index in [0.717, 1.165) is 38.4 Å². The van der Waals surface area contributed by atoms with Gasteiger partial charge in [-0.3, -0.25) is 4.79 Å². The Labute approximate surface area is 145 Å². The van der Waals surface area contributed by atoms with Gasteiger partial charge in [-0.05, 0) is 32.0 Å². The summed E-state index contributed by atoms with van der Waals surface area (Å²) in [6.45, 7) is 4.84. The molecule has 124 valence electrons. The number of methoxy groups -OCH3 is 1. The van der Waals surface area contributed by atoms with Crippen LogP contribution in [0.4, 0.5) is 0 Å². The number of ether oxygens (including phenoxy) is 1. The standard InChI is InChI=1S/C19H20N2O2S/c1-4-21-15-7-5-6-8-17(15)24-19(21)20-18(22)12-14-11-13(2)9-10-16(14)23-3/h5-11H,4,12H2,1-3H3. The quantitative estimate of drug-likeness (QED) is 0.727. The Morgan fingerprint density at radius 3 is 2.79 bits per heavy atom. The molecule has 2 aromatic carbocycles. The van der Waals surface area contributed by atoms with Crippen molar-refractivity contribution in [2.24, 2.45) is 4.99 Å². The lowest BCUT2D eigenvalue weighted by Gasteiger charge is -2.07. The second-order valence-electron chi connectivity index (χ2n) is 5.59. The van der Waals surface area contributed by atoms with Crippen molar-refractivity contribution in [2.45, 2.75) is 26.8 Å². The van der Waals surface area contributed by atoms with E-state index < -0.39 is 0 Å². The molecule has 4 nitrogen and oxygen atoms in total. The first kappa shape index (κ1) is 16.5. The molecule has 24 heavy (non-hydrogen) atoms. The zero-order valence-corrected chi connectivity index (χ0v) is 14.9. The second-order valence-corrected chi connectivity index (χ2v) is 6.60. The number of nitrogens with zero attached hydrogens (tertiary/aromatic N) is 2. The molecule has 0 aliphatic heterocycles. The molecule has 0 spiro atoms. The summed E-state index contributed by atoms with van der Waals surface area (Å²) in [5, 5.41) is 0. The number of fused-ring (bicyclic) bond motifs is 1. The number of hydrogen-bond acceptors (Lipinski definition) is 3. The van der Waals surface area contributed by atoms with Crippen LogP contribution in [0.5, 0.6) is 5.75 Å². The Morgan fingerprint density at radius 1 is 1.25 bits per heavy atom. The maximum Gasteiger partial charge on any atom is 0.252 e. The zero-order valence-electron chi connectivity index (χ0n) is 14.1. The highest BCUT2D eigenvalue weighted by molar-refractivity contribution is 7.16. The number of hydrogen-bond donors (Lipinski definition) is 0. The average Bonchev–Trinajstić information content (AvgIpc) is 2.91. The fourth-order valence-electron chi connectivity index (χ4n) is 2.77. The van der Waals surface area contributed by atoms with Gasteiger partial charge in [-0.15, -0.1) is 0 Å². The first-order valence-electron chi connectivity index (χ1n) is 7.91. The lowest BCUT2D eigenvalue weighted by molar-refractivity contribution is -0.117. The summed E-state index contributed by atoms with van der Waals surface area (Å²) < 4.78 is 8.56. The van der Waals surface area contributed by atoms with Gasteiger partial charge in [0.25, 0.3) is 5.91 Å². The third-order valence-corrected chi connectivity index (χ3v) is 4.96. The van der Waals surface area contributed by atoms with E-state index in [2.05, 4.69) is 28.6 Å². The molecular formula is C19H20N2O2S. The average molecular weight is 340 g/mol. The van der Waals surface area contributed by atoms with Crippen molar-refractivity contribution in [3.8, 4) is 5.75 Å². The molecular weight excluding hydrogens is 320 g/mol. The molecule has 0 N–H and O–H groups in total. The molecule has 0 saturated heterocycles. The van der Waals surface area contributed by atoms with Crippen molar-refractivity contribution in [3.05, 3.63) is 58.4 Å². The molecule has 1 amide bonds. The molecule has 3 aromatic rings. The summed E-state index contributed by atoms with van der Waals surface area (Å²) >= 11 is 1.54. The molecule has 5 heteroatoms. The van der Waals surface area contributed by atoms with Crippen LogP contribution in [-0.4, -0.2) is 17.6 Å². The minimum atomic E-state index is -0.160. The fraction of sp³-hybridized carbons (Fsp3) is 0.263. The van der Waals surface area contributed by atoms with E-state index in [-0.39, 0.29) is 12.3 Å². The lowest BCUT2D eigenvalue weighted by Crippen LogP contribution is -2.16. The topological polar surface area (TPSA) is 43.6 Å². The van der Waals surface area contributed by atoms with Crippen LogP contribution in [0.15, 0.2) is 47.5 Å². The zero-order chi connectivity index (χ0) is 17.1. The van der Waals surface area contributed by atoms with E-state index in [4.69, 9.17) is 4.74 Å². The van der Waals surface area contributed by atoms with Gasteiger partial charge in [0.05, 0.1) is 23.7 Å². The monoisotopic (exact) mass is 340 g/mol. The van der Waals surface area contributed by atoms with E-state index in [1.807, 2.05) is 37.3 Å². The molecule has 0 unspecified atom stereocenters. The largest absolute Gasteiger partial charge is 0.496 e. The molecule has 0 saturated carbocycles. The number of para-hydroxylation sites is 1. The molecule has 1 heterocycles. The van der Waals surface area contributed by atoms with E-state index in [9.17, 15) is 4.79 Å². The van der Waals surface area contributed by atoms with E-state index >= 15 is 0 Å². The van der Waals surface area contributed by atoms with E-state index in [0.29, 0.717) is 0 Å². The number of aromatic nitrogens is 1. The van der Waals surface area contributed by atoms with Crippen LogP contribution in [0.1, 0.15) is 18.1 Å². The number of rotatable bonds is 4. The normalized spacial score (nSPS) is 11.9. The maximum atomic E-state index is 12.5. The minimum absolute atomic E-state index is 0.160. The van der Waals surface area contributed by atoms with E-state index in [1.165, 1.54) is 0 Å². The molecule has 0 atom stereocenters. The number of carbonyl (C=O) groups is 1. The fourth-order valence-corrected chi connectivity index (χ4v) is 3.88. The van der Waals surface area contributed by atoms with Crippen LogP contribution in [-0.2, 0) is 17.8 Å². The van der Waals surface area contributed by atoms with Crippen LogP contribution in [0.25, 0.3) is 10.2 Å². The van der Waals surface area contributed by atoms with Gasteiger partial charge in [0, 0.05) is 12.1 Å². The van der Waals surface area contributed by atoms with Crippen LogP contribution in [0.2, 0.25) is 0 Å². The predicted molar refractivity (Wildman–Crippen MR) is 97.5 cm³/mol. The Morgan fingerprint density at radius 2 is 2.04 bits per heavy atom. The Bertz CT molecular complexity index is 953. The third-order valence-electron chi connectivity index (χ3n) is 3.90. The molecule has 0 radical (unpaired) electrons. The van der Waals surface area contributed by atoms with Crippen LogP contribution < -0.4 is 9.54 Å². The van der Waals surface area contributed by atoms with Crippen molar-refractivity contribution < 1.29 is 9.53 Å². The molecule has 1 aromatic heterocycles. The highest BCUT2D eigenvalue weighted by Crippen LogP contribution is 2.21. The SMILES string of the molecule is CCn1c(=NC(=O)Cc2cc(C)ccc2OC)sc2ccccc21. The summed E-state index contributed by atoms with van der Waals surface area (Å²) in [6, 6.07) is 14.0. The summed E-state index contributed by atoms with van der Waals surface area (Å²) in [6.07, 6.45) is 0.239. The Balaban J connectivity index is 1.97. The van der Waals surface area contributed by atoms with Crippen molar-refractivity contribution in [2.75, 3.05) is 7.11 Å². The van der Waals surface area contributed by atoms with Crippen LogP contribution >= 0.6 is 11.3 Å². The predicted octanol–water partition coefficient (Wildman–Crippen LogP) is 3.71. The summed E-state index contributed by atoms with van der Waals surface area (Å²) in [5.74, 6) is 0.566. The Kier molecular flexibility index (Phi) is 4.81. The second kappa shape index (κ2) is 7.01. The van der Waals surface area contributed by atoms with Gasteiger partial charge in [0.1, 0.15) is 5.75 Å². The molecule has 0 aliphatic carbocycles. The van der Waals surface area contributed by atoms with E-state index in [1.54, 1.807) is 18.4 Å². The highest BCUT2D eigenvalue weighted by Gasteiger charge is 2.10. The number of aryl methyl sites for hydroxylation is 2. The molecule has 3 rings (SSSR count). The van der Waals surface area contributed by atoms with Gasteiger partial charge in [-0.1, -0.05) is 41.2 Å². The summed E-state index contributed by atoms with van der Waals surface area (Å²) in [4.78, 5) is 17.6. The summed E-state index contributed by atoms with van der Waals surface area (Å²) in [7, 11) is 1.62. The highest BCUT2D eigenvalue weighted by atomic mass is 32.1. The smallest absolute Gasteiger partial charge is 0.252 e. The van der Waals surface area contributed by atoms with Crippen molar-refractivity contribution in [3.63, 3.8) is 0 Å². The van der Waals surface area contributed by atoms with Crippen molar-refractivity contribution in [1.82, 2.24) is 4.57 Å². The van der Waals surface area contributed by atoms with Crippen LogP contribution in [0.3, 0.4) is 0 Å². The first-order valence-corrected chi connectivity index (χ1v) is 8.73. The number of thiazole rings is 1. The van der Waals surface area contributed by atoms with Gasteiger partial charge in [0.15, 0.2) is 4.80 Å². The van der Waals surface area contributed by atoms with Gasteiger partial charge in [-0.2, -0.15) is 4.99 Å². The molecule has 0 aliphatic rings. The third kappa shape index (κ3) is 3.26.